The Bertz CT molecular complexity index is 1670. The monoisotopic (exact) mass is 564 g/mol. The van der Waals surface area contributed by atoms with Gasteiger partial charge in [0.15, 0.2) is 0 Å². The number of imidazole rings is 1. The summed E-state index contributed by atoms with van der Waals surface area (Å²) in [6.07, 6.45) is 3.80. The SMILES string of the molecule is CN1CCN(C(=O)CCCc2cn(-c3ccccc3)c(NC(=O)c3cccc(-c4ccc5ncsc5c4)c3)n2)CC1. The number of aromatic nitrogens is 3. The number of para-hydroxylation sites is 1. The van der Waals surface area contributed by atoms with E-state index in [2.05, 4.69) is 28.3 Å². The molecule has 1 aliphatic heterocycles. The number of rotatable bonds is 8. The molecule has 0 unspecified atom stereocenters. The van der Waals surface area contributed by atoms with Gasteiger partial charge in [0.25, 0.3) is 5.91 Å². The van der Waals surface area contributed by atoms with E-state index in [1.807, 2.05) is 87.9 Å². The molecule has 2 aromatic heterocycles. The highest BCUT2D eigenvalue weighted by Gasteiger charge is 2.19. The van der Waals surface area contributed by atoms with E-state index in [0.29, 0.717) is 30.8 Å². The zero-order valence-electron chi connectivity index (χ0n) is 23.0. The van der Waals surface area contributed by atoms with Crippen LogP contribution in [0.3, 0.4) is 0 Å². The second-order valence-electron chi connectivity index (χ2n) is 10.4. The Morgan fingerprint density at radius 1 is 0.927 bits per heavy atom. The molecule has 5 aromatic rings. The van der Waals surface area contributed by atoms with Crippen molar-refractivity contribution >= 4 is 39.3 Å². The van der Waals surface area contributed by atoms with Crippen LogP contribution in [0.4, 0.5) is 5.95 Å². The van der Waals surface area contributed by atoms with Crippen LogP contribution < -0.4 is 5.32 Å². The molecule has 0 bridgehead atoms. The number of benzene rings is 3. The molecule has 2 amide bonds. The summed E-state index contributed by atoms with van der Waals surface area (Å²) in [4.78, 5) is 39.5. The molecular formula is C32H32N6O2S. The summed E-state index contributed by atoms with van der Waals surface area (Å²) in [5.74, 6) is 0.423. The van der Waals surface area contributed by atoms with Gasteiger partial charge in [-0.15, -0.1) is 11.3 Å². The molecule has 9 heteroatoms. The van der Waals surface area contributed by atoms with Crippen molar-refractivity contribution in [2.24, 2.45) is 0 Å². The van der Waals surface area contributed by atoms with E-state index >= 15 is 0 Å². The average Bonchev–Trinajstić information content (AvgIpc) is 3.64. The van der Waals surface area contributed by atoms with Gasteiger partial charge >= 0.3 is 0 Å². The minimum absolute atomic E-state index is 0.198. The van der Waals surface area contributed by atoms with E-state index in [9.17, 15) is 9.59 Å². The highest BCUT2D eigenvalue weighted by molar-refractivity contribution is 7.16. The third kappa shape index (κ3) is 6.21. The summed E-state index contributed by atoms with van der Waals surface area (Å²) in [5.41, 5.74) is 7.10. The molecule has 208 valence electrons. The fraction of sp³-hybridized carbons (Fsp3) is 0.250. The molecule has 41 heavy (non-hydrogen) atoms. The number of carbonyl (C=O) groups excluding carboxylic acids is 2. The normalized spacial score (nSPS) is 13.9. The molecule has 1 aliphatic rings. The second-order valence-corrected chi connectivity index (χ2v) is 11.3. The van der Waals surface area contributed by atoms with Crippen molar-refractivity contribution in [3.05, 3.63) is 95.8 Å². The molecule has 0 atom stereocenters. The molecule has 1 N–H and O–H groups in total. The van der Waals surface area contributed by atoms with Gasteiger partial charge in [0.2, 0.25) is 11.9 Å². The maximum absolute atomic E-state index is 13.4. The van der Waals surface area contributed by atoms with Gasteiger partial charge in [0.1, 0.15) is 0 Å². The summed E-state index contributed by atoms with van der Waals surface area (Å²) in [6.45, 7) is 3.41. The smallest absolute Gasteiger partial charge is 0.258 e. The zero-order chi connectivity index (χ0) is 28.2. The molecular weight excluding hydrogens is 532 g/mol. The largest absolute Gasteiger partial charge is 0.340 e. The number of carbonyl (C=O) groups is 2. The fourth-order valence-electron chi connectivity index (χ4n) is 5.11. The first-order valence-electron chi connectivity index (χ1n) is 13.9. The fourth-order valence-corrected chi connectivity index (χ4v) is 5.82. The van der Waals surface area contributed by atoms with Crippen molar-refractivity contribution in [2.45, 2.75) is 19.3 Å². The maximum Gasteiger partial charge on any atom is 0.258 e. The maximum atomic E-state index is 13.4. The second kappa shape index (κ2) is 12.0. The van der Waals surface area contributed by atoms with E-state index in [0.717, 1.165) is 58.9 Å². The van der Waals surface area contributed by atoms with E-state index < -0.39 is 0 Å². The van der Waals surface area contributed by atoms with Gasteiger partial charge in [-0.05, 0) is 67.4 Å². The van der Waals surface area contributed by atoms with Gasteiger partial charge in [-0.1, -0.05) is 36.4 Å². The van der Waals surface area contributed by atoms with E-state index in [1.54, 1.807) is 11.3 Å². The van der Waals surface area contributed by atoms with Crippen LogP contribution in [0, 0.1) is 0 Å². The van der Waals surface area contributed by atoms with E-state index in [-0.39, 0.29) is 11.8 Å². The van der Waals surface area contributed by atoms with Crippen LogP contribution in [0.15, 0.2) is 84.5 Å². The molecule has 6 rings (SSSR count). The Morgan fingerprint density at radius 3 is 2.56 bits per heavy atom. The molecule has 1 fully saturated rings. The minimum Gasteiger partial charge on any atom is -0.340 e. The van der Waals surface area contributed by atoms with Crippen LogP contribution in [0.2, 0.25) is 0 Å². The Kier molecular flexibility index (Phi) is 7.89. The number of nitrogens with one attached hydrogen (secondary N) is 1. The lowest BCUT2D eigenvalue weighted by molar-refractivity contribution is -0.132. The number of anilines is 1. The summed E-state index contributed by atoms with van der Waals surface area (Å²) < 4.78 is 3.01. The average molecular weight is 565 g/mol. The topological polar surface area (TPSA) is 83.4 Å². The number of likely N-dealkylation sites (N-methyl/N-ethyl adjacent to an activating group) is 1. The van der Waals surface area contributed by atoms with Gasteiger partial charge in [0.05, 0.1) is 21.4 Å². The molecule has 8 nitrogen and oxygen atoms in total. The first-order chi connectivity index (χ1) is 20.0. The molecule has 0 radical (unpaired) electrons. The Labute approximate surface area is 243 Å². The molecule has 1 saturated heterocycles. The Balaban J connectivity index is 1.17. The first kappa shape index (κ1) is 26.9. The lowest BCUT2D eigenvalue weighted by Crippen LogP contribution is -2.47. The van der Waals surface area contributed by atoms with Crippen LogP contribution in [-0.2, 0) is 11.2 Å². The third-order valence-corrected chi connectivity index (χ3v) is 8.28. The number of hydrogen-bond donors (Lipinski definition) is 1. The van der Waals surface area contributed by atoms with Gasteiger partial charge in [0, 0.05) is 50.0 Å². The summed E-state index contributed by atoms with van der Waals surface area (Å²) in [5, 5.41) is 3.03. The minimum atomic E-state index is -0.231. The van der Waals surface area contributed by atoms with Crippen molar-refractivity contribution in [1.29, 1.82) is 0 Å². The van der Waals surface area contributed by atoms with Crippen LogP contribution in [0.25, 0.3) is 27.0 Å². The highest BCUT2D eigenvalue weighted by atomic mass is 32.1. The van der Waals surface area contributed by atoms with Crippen LogP contribution in [-0.4, -0.2) is 69.4 Å². The summed E-state index contributed by atoms with van der Waals surface area (Å²) in [6, 6.07) is 23.6. The molecule has 3 heterocycles. The van der Waals surface area contributed by atoms with Crippen molar-refractivity contribution in [1.82, 2.24) is 24.3 Å². The number of fused-ring (bicyclic) bond motifs is 1. The van der Waals surface area contributed by atoms with Gasteiger partial charge in [-0.3, -0.25) is 19.5 Å². The number of piperazine rings is 1. The van der Waals surface area contributed by atoms with Crippen molar-refractivity contribution in [3.63, 3.8) is 0 Å². The summed E-state index contributed by atoms with van der Waals surface area (Å²) >= 11 is 1.60. The zero-order valence-corrected chi connectivity index (χ0v) is 23.8. The quantitative estimate of drug-likeness (QED) is 0.269. The molecule has 0 saturated carbocycles. The van der Waals surface area contributed by atoms with Crippen molar-refractivity contribution in [2.75, 3.05) is 38.5 Å². The lowest BCUT2D eigenvalue weighted by atomic mass is 10.0. The van der Waals surface area contributed by atoms with Gasteiger partial charge in [-0.25, -0.2) is 9.97 Å². The first-order valence-corrected chi connectivity index (χ1v) is 14.8. The lowest BCUT2D eigenvalue weighted by Gasteiger charge is -2.32. The molecule has 0 aliphatic carbocycles. The number of thiazole rings is 1. The van der Waals surface area contributed by atoms with Gasteiger partial charge < -0.3 is 9.80 Å². The predicted octanol–water partition coefficient (Wildman–Crippen LogP) is 5.50. The van der Waals surface area contributed by atoms with Crippen molar-refractivity contribution in [3.8, 4) is 16.8 Å². The van der Waals surface area contributed by atoms with E-state index in [4.69, 9.17) is 4.98 Å². The van der Waals surface area contributed by atoms with Gasteiger partial charge in [-0.2, -0.15) is 0 Å². The van der Waals surface area contributed by atoms with Crippen molar-refractivity contribution < 1.29 is 9.59 Å². The van der Waals surface area contributed by atoms with Crippen LogP contribution in [0.1, 0.15) is 28.9 Å². The highest BCUT2D eigenvalue weighted by Crippen LogP contribution is 2.27. The number of hydrogen-bond acceptors (Lipinski definition) is 6. The number of amides is 2. The standard InChI is InChI=1S/C32H32N6O2S/c1-36-15-17-37(18-16-36)30(39)12-6-9-26-21-38(27-10-3-2-4-11-27)32(34-26)35-31(40)25-8-5-7-23(19-25)24-13-14-28-29(20-24)41-22-33-28/h2-5,7-8,10-11,13-14,19-22H,6,9,12,15-18H2,1H3,(H,34,35,40). The Morgan fingerprint density at radius 2 is 1.73 bits per heavy atom. The van der Waals surface area contributed by atoms with Crippen LogP contribution in [0.5, 0.6) is 0 Å². The number of nitrogens with zero attached hydrogens (tertiary/aromatic N) is 5. The summed E-state index contributed by atoms with van der Waals surface area (Å²) in [7, 11) is 2.08. The molecule has 3 aromatic carbocycles. The molecule has 0 spiro atoms. The van der Waals surface area contributed by atoms with E-state index in [1.165, 1.54) is 0 Å². The number of aryl methyl sites for hydroxylation is 1. The Hall–Kier alpha value is -4.34. The predicted molar refractivity (Wildman–Crippen MR) is 164 cm³/mol. The third-order valence-electron chi connectivity index (χ3n) is 7.48. The van der Waals surface area contributed by atoms with Crippen LogP contribution >= 0.6 is 11.3 Å².